The van der Waals surface area contributed by atoms with Gasteiger partial charge in [-0.1, -0.05) is 12.8 Å². The summed E-state index contributed by atoms with van der Waals surface area (Å²) < 4.78 is 29.0. The van der Waals surface area contributed by atoms with Gasteiger partial charge in [-0.05, 0) is 44.4 Å². The van der Waals surface area contributed by atoms with Crippen LogP contribution < -0.4 is 0 Å². The van der Waals surface area contributed by atoms with Crippen LogP contribution in [0.3, 0.4) is 0 Å². The van der Waals surface area contributed by atoms with Crippen molar-refractivity contribution in [3.05, 3.63) is 0 Å². The molecule has 2 saturated carbocycles. The Morgan fingerprint density at radius 3 is 2.45 bits per heavy atom. The van der Waals surface area contributed by atoms with Crippen LogP contribution >= 0.6 is 0 Å². The molecule has 6 fully saturated rings. The highest BCUT2D eigenvalue weighted by Gasteiger charge is 2.72. The van der Waals surface area contributed by atoms with Crippen LogP contribution in [0.25, 0.3) is 0 Å². The molecule has 9 heteroatoms. The molecule has 2 aliphatic carbocycles. The monoisotopic (exact) mass is 463 g/mol. The first-order valence-electron chi connectivity index (χ1n) is 12.6. The van der Waals surface area contributed by atoms with Crippen molar-refractivity contribution in [2.75, 3.05) is 32.8 Å². The summed E-state index contributed by atoms with van der Waals surface area (Å²) in [6.45, 7) is 2.65. The fourth-order valence-corrected chi connectivity index (χ4v) is 7.16. The fraction of sp³-hybridized carbons (Fsp3) is 0.875. The van der Waals surface area contributed by atoms with Crippen molar-refractivity contribution >= 4 is 17.9 Å². The highest BCUT2D eigenvalue weighted by Crippen LogP contribution is 2.53. The van der Waals surface area contributed by atoms with Gasteiger partial charge in [0.15, 0.2) is 12.2 Å². The van der Waals surface area contributed by atoms with Crippen LogP contribution in [0.4, 0.5) is 0 Å². The Morgan fingerprint density at radius 2 is 1.73 bits per heavy atom. The van der Waals surface area contributed by atoms with Crippen molar-refractivity contribution in [2.45, 2.75) is 81.4 Å². The van der Waals surface area contributed by atoms with E-state index in [4.69, 9.17) is 23.7 Å². The first-order valence-corrected chi connectivity index (χ1v) is 12.6. The summed E-state index contributed by atoms with van der Waals surface area (Å²) in [5.41, 5.74) is -0.417. The van der Waals surface area contributed by atoms with Crippen LogP contribution in [0.5, 0.6) is 0 Å². The lowest BCUT2D eigenvalue weighted by Crippen LogP contribution is -2.51. The van der Waals surface area contributed by atoms with Gasteiger partial charge < -0.3 is 23.7 Å². The summed E-state index contributed by atoms with van der Waals surface area (Å²) in [5, 5.41) is 0. The number of carbonyl (C=O) groups is 3. The number of hydrogen-bond acceptors (Lipinski definition) is 9. The Hall–Kier alpha value is -1.71. The molecule has 0 aromatic carbocycles. The van der Waals surface area contributed by atoms with E-state index in [1.807, 2.05) is 4.90 Å². The Bertz CT molecular complexity index is 798. The van der Waals surface area contributed by atoms with Gasteiger partial charge in [0.1, 0.15) is 29.6 Å². The normalized spacial score (nSPS) is 39.7. The summed E-state index contributed by atoms with van der Waals surface area (Å²) in [6.07, 6.45) is 5.80. The number of esters is 3. The van der Waals surface area contributed by atoms with Crippen LogP contribution in [0.15, 0.2) is 0 Å². The van der Waals surface area contributed by atoms with E-state index in [0.29, 0.717) is 32.2 Å². The predicted molar refractivity (Wildman–Crippen MR) is 112 cm³/mol. The molecule has 9 nitrogen and oxygen atoms in total. The molecular weight excluding hydrogens is 430 g/mol. The van der Waals surface area contributed by atoms with E-state index in [2.05, 4.69) is 0 Å². The lowest BCUT2D eigenvalue weighted by molar-refractivity contribution is -0.178. The van der Waals surface area contributed by atoms with Crippen molar-refractivity contribution in [3.63, 3.8) is 0 Å². The first kappa shape index (κ1) is 21.8. The minimum atomic E-state index is -0.777. The zero-order valence-electron chi connectivity index (χ0n) is 18.9. The molecule has 0 aromatic heterocycles. The number of fused-ring (bicyclic) bond motifs is 1. The van der Waals surface area contributed by atoms with E-state index in [0.717, 1.165) is 38.5 Å². The molecule has 4 aliphatic heterocycles. The lowest BCUT2D eigenvalue weighted by atomic mass is 9.78. The second kappa shape index (κ2) is 8.50. The molecule has 6 atom stereocenters. The molecule has 0 N–H and O–H groups in total. The van der Waals surface area contributed by atoms with E-state index in [1.54, 1.807) is 0 Å². The van der Waals surface area contributed by atoms with Crippen LogP contribution in [0.1, 0.15) is 51.4 Å². The molecule has 4 saturated heterocycles. The van der Waals surface area contributed by atoms with E-state index in [9.17, 15) is 14.4 Å². The molecule has 33 heavy (non-hydrogen) atoms. The molecule has 6 unspecified atom stereocenters. The Kier molecular flexibility index (Phi) is 5.62. The second-order valence-electron chi connectivity index (χ2n) is 10.5. The Balaban J connectivity index is 1.17. The highest BCUT2D eigenvalue weighted by molar-refractivity contribution is 5.87. The van der Waals surface area contributed by atoms with Crippen LogP contribution in [-0.2, 0) is 38.1 Å². The van der Waals surface area contributed by atoms with Gasteiger partial charge in [0, 0.05) is 13.1 Å². The largest absolute Gasteiger partial charge is 0.458 e. The maximum Gasteiger partial charge on any atom is 0.320 e. The second-order valence-corrected chi connectivity index (χ2v) is 10.5. The molecule has 0 aromatic rings. The molecule has 6 aliphatic rings. The summed E-state index contributed by atoms with van der Waals surface area (Å²) in [7, 11) is 0. The molecule has 182 valence electrons. The summed E-state index contributed by atoms with van der Waals surface area (Å²) in [4.78, 5) is 40.9. The predicted octanol–water partition coefficient (Wildman–Crippen LogP) is 1.22. The molecule has 2 bridgehead atoms. The summed E-state index contributed by atoms with van der Waals surface area (Å²) in [6, 6.07) is 0. The molecular formula is C24H33NO8. The Morgan fingerprint density at radius 1 is 1.00 bits per heavy atom. The van der Waals surface area contributed by atoms with Crippen molar-refractivity contribution in [1.29, 1.82) is 0 Å². The zero-order chi connectivity index (χ0) is 22.6. The van der Waals surface area contributed by atoms with Crippen molar-refractivity contribution in [2.24, 2.45) is 17.8 Å². The number of rotatable bonds is 6. The lowest BCUT2D eigenvalue weighted by Gasteiger charge is -2.37. The molecule has 6 rings (SSSR count). The number of nitrogens with zero attached hydrogens (tertiary/aromatic N) is 1. The third-order valence-corrected chi connectivity index (χ3v) is 8.75. The van der Waals surface area contributed by atoms with Crippen LogP contribution in [0.2, 0.25) is 0 Å². The molecule has 0 spiro atoms. The van der Waals surface area contributed by atoms with E-state index in [-0.39, 0.29) is 12.5 Å². The van der Waals surface area contributed by atoms with Gasteiger partial charge in [-0.15, -0.1) is 0 Å². The maximum atomic E-state index is 13.6. The van der Waals surface area contributed by atoms with Gasteiger partial charge in [0.25, 0.3) is 0 Å². The fourth-order valence-electron chi connectivity index (χ4n) is 7.16. The molecule has 0 amide bonds. The highest BCUT2D eigenvalue weighted by atomic mass is 16.7. The minimum absolute atomic E-state index is 0.140. The number of ether oxygens (including phenoxy) is 5. The zero-order valence-corrected chi connectivity index (χ0v) is 18.9. The van der Waals surface area contributed by atoms with Gasteiger partial charge in [0.05, 0.1) is 19.8 Å². The van der Waals surface area contributed by atoms with E-state index < -0.39 is 53.8 Å². The van der Waals surface area contributed by atoms with E-state index >= 15 is 0 Å². The smallest absolute Gasteiger partial charge is 0.320 e. The third-order valence-electron chi connectivity index (χ3n) is 8.75. The number of hydrogen-bond donors (Lipinski definition) is 0. The van der Waals surface area contributed by atoms with Gasteiger partial charge in [-0.3, -0.25) is 19.3 Å². The first-order chi connectivity index (χ1) is 16.1. The molecule has 0 radical (unpaired) electrons. The quantitative estimate of drug-likeness (QED) is 0.425. The standard InChI is InChI=1S/C24H33NO8/c26-15(13-25-9-11-29-12-10-25)30-20-19-17(16-18(31-19)21(20)32-22(16)27)23(28)33-24(7-3-4-8-24)14-5-1-2-6-14/h14,16-21H,1-13H2. The average Bonchev–Trinajstić information content (AvgIpc) is 3.60. The van der Waals surface area contributed by atoms with Crippen molar-refractivity contribution < 1.29 is 38.1 Å². The van der Waals surface area contributed by atoms with Gasteiger partial charge in [-0.25, -0.2) is 0 Å². The van der Waals surface area contributed by atoms with Crippen LogP contribution in [-0.4, -0.2) is 85.7 Å². The number of morpholine rings is 1. The minimum Gasteiger partial charge on any atom is -0.458 e. The van der Waals surface area contributed by atoms with Gasteiger partial charge in [-0.2, -0.15) is 0 Å². The Labute approximate surface area is 193 Å². The topological polar surface area (TPSA) is 101 Å². The van der Waals surface area contributed by atoms with Crippen molar-refractivity contribution in [1.82, 2.24) is 4.90 Å². The summed E-state index contributed by atoms with van der Waals surface area (Å²) >= 11 is 0. The third kappa shape index (κ3) is 3.67. The number of carbonyl (C=O) groups excluding carboxylic acids is 3. The molecule has 4 heterocycles. The summed E-state index contributed by atoms with van der Waals surface area (Å²) in [5.74, 6) is -2.27. The van der Waals surface area contributed by atoms with Crippen molar-refractivity contribution in [3.8, 4) is 0 Å². The van der Waals surface area contributed by atoms with Gasteiger partial charge >= 0.3 is 17.9 Å². The van der Waals surface area contributed by atoms with E-state index in [1.165, 1.54) is 12.8 Å². The SMILES string of the molecule is O=C(CN1CCOCC1)OC1C2OC(=O)C3C2OC1C3C(=O)OC1(C2CCCC2)CCCC1. The average molecular weight is 464 g/mol. The maximum absolute atomic E-state index is 13.6. The van der Waals surface area contributed by atoms with Gasteiger partial charge in [0.2, 0.25) is 0 Å². The van der Waals surface area contributed by atoms with Crippen LogP contribution in [0, 0.1) is 17.8 Å².